The summed E-state index contributed by atoms with van der Waals surface area (Å²) in [6, 6.07) is -0.965. The molecule has 1 aliphatic carbocycles. The Morgan fingerprint density at radius 1 is 1.50 bits per heavy atom. The van der Waals surface area contributed by atoms with Crippen LogP contribution in [0.2, 0.25) is 5.82 Å². The maximum atomic E-state index is 10.5. The van der Waals surface area contributed by atoms with E-state index in [0.717, 1.165) is 13.6 Å². The number of nitrogens with one attached hydrogen (secondary N) is 1. The summed E-state index contributed by atoms with van der Waals surface area (Å²) in [6.07, 6.45) is 2.23. The van der Waals surface area contributed by atoms with E-state index in [2.05, 4.69) is 5.18 Å². The van der Waals surface area contributed by atoms with Gasteiger partial charge in [0.2, 0.25) is 0 Å². The molecule has 66 valence electrons. The van der Waals surface area contributed by atoms with E-state index >= 15 is 0 Å². The monoisotopic (exact) mass is 170 g/mol. The Bertz CT molecular complexity index is 178. The summed E-state index contributed by atoms with van der Waals surface area (Å²) in [5.74, 6) is -0.332. The van der Waals surface area contributed by atoms with Gasteiger partial charge in [0, 0.05) is 0 Å². The molecule has 0 bridgehead atoms. The molecule has 12 heavy (non-hydrogen) atoms. The average molecular weight is 170 g/mol. The van der Waals surface area contributed by atoms with E-state index in [0.29, 0.717) is 12.8 Å². The van der Waals surface area contributed by atoms with Crippen LogP contribution < -0.4 is 5.48 Å². The zero-order valence-electron chi connectivity index (χ0n) is 6.64. The quantitative estimate of drug-likeness (QED) is 0.367. The van der Waals surface area contributed by atoms with E-state index in [9.17, 15) is 9.61 Å². The molecule has 0 saturated heterocycles. The molecular weight excluding hydrogens is 159 g/mol. The fourth-order valence-corrected chi connectivity index (χ4v) is 1.65. The van der Waals surface area contributed by atoms with Crippen LogP contribution in [-0.2, 0) is 4.70 Å². The van der Waals surface area contributed by atoms with Gasteiger partial charge in [0.25, 0.3) is 0 Å². The zero-order valence-corrected chi connectivity index (χ0v) is 6.64. The number of hydrogen-bond acceptors (Lipinski definition) is 5. The SMILES string of the molecule is O=BC1CCCC(NO)C1N=O. The summed E-state index contributed by atoms with van der Waals surface area (Å²) in [5.41, 5.74) is 2.02. The molecule has 0 aromatic heterocycles. The Hall–Kier alpha value is -0.615. The van der Waals surface area contributed by atoms with Crippen molar-refractivity contribution in [1.29, 1.82) is 0 Å². The van der Waals surface area contributed by atoms with Crippen molar-refractivity contribution in [3.05, 3.63) is 4.91 Å². The van der Waals surface area contributed by atoms with Crippen LogP contribution in [0.5, 0.6) is 0 Å². The summed E-state index contributed by atoms with van der Waals surface area (Å²) in [4.78, 5) is 10.3. The normalized spacial score (nSPS) is 35.6. The van der Waals surface area contributed by atoms with Gasteiger partial charge >= 0.3 is 69.8 Å². The van der Waals surface area contributed by atoms with Crippen molar-refractivity contribution in [2.45, 2.75) is 37.2 Å². The van der Waals surface area contributed by atoms with E-state index < -0.39 is 6.04 Å². The summed E-state index contributed by atoms with van der Waals surface area (Å²) < 4.78 is 10.5. The Kier molecular flexibility index (Phi) is 3.49. The van der Waals surface area contributed by atoms with Crippen molar-refractivity contribution in [1.82, 2.24) is 5.48 Å². The second-order valence-electron chi connectivity index (χ2n) is 3.06. The predicted molar refractivity (Wildman–Crippen MR) is 42.3 cm³/mol. The van der Waals surface area contributed by atoms with Crippen molar-refractivity contribution in [3.8, 4) is 0 Å². The minimum atomic E-state index is -0.610. The predicted octanol–water partition coefficient (Wildman–Crippen LogP) is 0.491. The Labute approximate surface area is 70.7 Å². The summed E-state index contributed by atoms with van der Waals surface area (Å²) in [6.45, 7) is 0. The summed E-state index contributed by atoms with van der Waals surface area (Å²) >= 11 is 0. The van der Waals surface area contributed by atoms with E-state index in [4.69, 9.17) is 5.21 Å². The van der Waals surface area contributed by atoms with Gasteiger partial charge in [-0.1, -0.05) is 0 Å². The Morgan fingerprint density at radius 2 is 2.25 bits per heavy atom. The second kappa shape index (κ2) is 4.42. The van der Waals surface area contributed by atoms with Crippen LogP contribution in [0, 0.1) is 4.91 Å². The van der Waals surface area contributed by atoms with Crippen molar-refractivity contribution in [2.75, 3.05) is 0 Å². The van der Waals surface area contributed by atoms with Crippen LogP contribution in [0.3, 0.4) is 0 Å². The fraction of sp³-hybridized carbons (Fsp3) is 1.00. The molecule has 1 fully saturated rings. The number of hydrogen-bond donors (Lipinski definition) is 2. The van der Waals surface area contributed by atoms with Gasteiger partial charge in [-0.25, -0.2) is 0 Å². The summed E-state index contributed by atoms with van der Waals surface area (Å²) in [7, 11) is 0.746. The number of hydroxylamine groups is 1. The van der Waals surface area contributed by atoms with E-state index in [1.807, 2.05) is 5.48 Å². The first-order valence-electron chi connectivity index (χ1n) is 4.01. The van der Waals surface area contributed by atoms with Gasteiger partial charge in [0.05, 0.1) is 0 Å². The molecule has 6 heteroatoms. The van der Waals surface area contributed by atoms with Crippen LogP contribution in [0.15, 0.2) is 5.18 Å². The van der Waals surface area contributed by atoms with Crippen LogP contribution >= 0.6 is 0 Å². The first kappa shape index (κ1) is 9.47. The van der Waals surface area contributed by atoms with Gasteiger partial charge in [0.15, 0.2) is 0 Å². The van der Waals surface area contributed by atoms with Crippen molar-refractivity contribution < 1.29 is 9.91 Å². The minimum absolute atomic E-state index is 0.332. The molecule has 3 atom stereocenters. The molecule has 0 heterocycles. The third-order valence-corrected chi connectivity index (χ3v) is 2.37. The van der Waals surface area contributed by atoms with Crippen molar-refractivity contribution in [3.63, 3.8) is 0 Å². The van der Waals surface area contributed by atoms with Gasteiger partial charge in [-0.15, -0.1) is 0 Å². The van der Waals surface area contributed by atoms with Crippen LogP contribution in [0.1, 0.15) is 19.3 Å². The number of nitroso groups, excluding NO2 is 1. The van der Waals surface area contributed by atoms with E-state index in [-0.39, 0.29) is 11.9 Å². The van der Waals surface area contributed by atoms with Crippen molar-refractivity contribution >= 4 is 7.15 Å². The number of nitrogens with zero attached hydrogens (tertiary/aromatic N) is 1. The molecule has 0 aliphatic heterocycles. The first-order valence-corrected chi connectivity index (χ1v) is 4.01. The van der Waals surface area contributed by atoms with E-state index in [1.54, 1.807) is 0 Å². The fourth-order valence-electron chi connectivity index (χ4n) is 1.65. The Morgan fingerprint density at radius 3 is 2.75 bits per heavy atom. The molecule has 1 rings (SSSR count). The van der Waals surface area contributed by atoms with Crippen LogP contribution in [0.4, 0.5) is 0 Å². The molecule has 0 aromatic carbocycles. The van der Waals surface area contributed by atoms with Crippen molar-refractivity contribution in [2.24, 2.45) is 5.18 Å². The molecule has 0 radical (unpaired) electrons. The summed E-state index contributed by atoms with van der Waals surface area (Å²) in [5, 5.41) is 11.5. The number of rotatable bonds is 3. The molecule has 0 spiro atoms. The molecule has 1 saturated carbocycles. The molecule has 3 unspecified atom stereocenters. The van der Waals surface area contributed by atoms with Gasteiger partial charge in [-0.2, -0.15) is 0 Å². The molecule has 0 amide bonds. The van der Waals surface area contributed by atoms with Gasteiger partial charge in [-0.3, -0.25) is 0 Å². The van der Waals surface area contributed by atoms with E-state index in [1.165, 1.54) is 0 Å². The first-order chi connectivity index (χ1) is 5.83. The molecule has 2 N–H and O–H groups in total. The third-order valence-electron chi connectivity index (χ3n) is 2.37. The topological polar surface area (TPSA) is 78.8 Å². The van der Waals surface area contributed by atoms with Gasteiger partial charge < -0.3 is 0 Å². The Balaban J connectivity index is 2.64. The van der Waals surface area contributed by atoms with Crippen LogP contribution in [-0.4, -0.2) is 24.4 Å². The zero-order chi connectivity index (χ0) is 8.97. The molecule has 0 aromatic rings. The average Bonchev–Trinajstić information content (AvgIpc) is 2.16. The second-order valence-corrected chi connectivity index (χ2v) is 3.06. The van der Waals surface area contributed by atoms with Gasteiger partial charge in [0.1, 0.15) is 0 Å². The molecule has 5 nitrogen and oxygen atoms in total. The molecular formula is C6H11BN2O3. The van der Waals surface area contributed by atoms with Crippen LogP contribution in [0.25, 0.3) is 0 Å². The third kappa shape index (κ3) is 1.76. The molecule has 1 aliphatic rings. The van der Waals surface area contributed by atoms with Gasteiger partial charge in [-0.05, 0) is 0 Å². The standard InChI is InChI=1S/C6H11BN2O3/c10-7-4-2-1-3-5(8-11)6(4)9-12/h4-6,8,11H,1-3H2. The maximum absolute atomic E-state index is 10.5.